The van der Waals surface area contributed by atoms with E-state index in [1.165, 1.54) is 0 Å². The van der Waals surface area contributed by atoms with Gasteiger partial charge >= 0.3 is 0 Å². The topological polar surface area (TPSA) is 89.3 Å². The molecule has 0 spiro atoms. The van der Waals surface area contributed by atoms with Gasteiger partial charge in [-0.25, -0.2) is 4.98 Å². The van der Waals surface area contributed by atoms with Gasteiger partial charge in [0, 0.05) is 26.2 Å². The number of carbonyl (C=O) groups is 2. The van der Waals surface area contributed by atoms with Gasteiger partial charge in [0.1, 0.15) is 17.5 Å². The van der Waals surface area contributed by atoms with Crippen molar-refractivity contribution in [2.75, 3.05) is 38.5 Å². The summed E-state index contributed by atoms with van der Waals surface area (Å²) in [5, 5.41) is 11.8. The number of rotatable bonds is 3. The number of benzene rings is 1. The van der Waals surface area contributed by atoms with E-state index in [0.717, 1.165) is 13.1 Å². The Morgan fingerprint density at radius 2 is 1.73 bits per heavy atom. The summed E-state index contributed by atoms with van der Waals surface area (Å²) >= 11 is 0. The Balaban J connectivity index is 1.75. The number of carbonyl (C=O) groups excluding carboxylic acids is 2. The number of hydrogen-bond donors (Lipinski definition) is 1. The number of anilines is 1. The zero-order valence-corrected chi connectivity index (χ0v) is 14.5. The summed E-state index contributed by atoms with van der Waals surface area (Å²) in [4.78, 5) is 33.2. The van der Waals surface area contributed by atoms with Crippen molar-refractivity contribution in [2.24, 2.45) is 0 Å². The van der Waals surface area contributed by atoms with Crippen molar-refractivity contribution in [1.29, 1.82) is 5.26 Å². The Morgan fingerprint density at radius 1 is 1.04 bits per heavy atom. The summed E-state index contributed by atoms with van der Waals surface area (Å²) < 4.78 is 0. The van der Waals surface area contributed by atoms with Gasteiger partial charge in [0.25, 0.3) is 11.8 Å². The molecule has 0 aliphatic carbocycles. The lowest BCUT2D eigenvalue weighted by molar-refractivity contribution is 0.0658. The lowest BCUT2D eigenvalue weighted by Gasteiger charge is -2.32. The van der Waals surface area contributed by atoms with E-state index in [4.69, 9.17) is 5.26 Å². The molecule has 1 aromatic heterocycles. The number of amides is 2. The van der Waals surface area contributed by atoms with Crippen LogP contribution in [0.1, 0.15) is 26.5 Å². The molecule has 0 bridgehead atoms. The predicted octanol–water partition coefficient (Wildman–Crippen LogP) is 1.59. The minimum atomic E-state index is -0.458. The van der Waals surface area contributed by atoms with Crippen molar-refractivity contribution < 1.29 is 9.59 Å². The largest absolute Gasteiger partial charge is 0.335 e. The van der Waals surface area contributed by atoms with Crippen LogP contribution in [0.15, 0.2) is 42.5 Å². The third-order valence-corrected chi connectivity index (χ3v) is 4.29. The average Bonchev–Trinajstić information content (AvgIpc) is 2.68. The van der Waals surface area contributed by atoms with Crippen LogP contribution in [0.2, 0.25) is 0 Å². The Bertz CT molecular complexity index is 866. The third-order valence-electron chi connectivity index (χ3n) is 4.29. The van der Waals surface area contributed by atoms with Crippen molar-refractivity contribution in [1.82, 2.24) is 14.8 Å². The predicted molar refractivity (Wildman–Crippen MR) is 96.7 cm³/mol. The van der Waals surface area contributed by atoms with Crippen LogP contribution in [-0.2, 0) is 0 Å². The fourth-order valence-electron chi connectivity index (χ4n) is 2.73. The number of likely N-dealkylation sites (N-methyl/N-ethyl adjacent to an activating group) is 1. The van der Waals surface area contributed by atoms with Crippen LogP contribution in [-0.4, -0.2) is 59.8 Å². The summed E-state index contributed by atoms with van der Waals surface area (Å²) in [6.07, 6.45) is 0. The van der Waals surface area contributed by atoms with Gasteiger partial charge < -0.3 is 15.1 Å². The maximum atomic E-state index is 12.6. The van der Waals surface area contributed by atoms with Crippen LogP contribution in [0, 0.1) is 11.3 Å². The Kier molecular flexibility index (Phi) is 5.25. The molecule has 2 amide bonds. The number of para-hydroxylation sites is 1. The molecule has 0 unspecified atom stereocenters. The fraction of sp³-hybridized carbons (Fsp3) is 0.263. The van der Waals surface area contributed by atoms with E-state index in [1.54, 1.807) is 47.4 Å². The van der Waals surface area contributed by atoms with E-state index in [2.05, 4.69) is 15.2 Å². The van der Waals surface area contributed by atoms with Gasteiger partial charge in [0.2, 0.25) is 0 Å². The number of piperazine rings is 1. The first-order valence-corrected chi connectivity index (χ1v) is 8.34. The van der Waals surface area contributed by atoms with Crippen molar-refractivity contribution in [3.8, 4) is 6.07 Å². The number of nitrogens with zero attached hydrogens (tertiary/aromatic N) is 4. The van der Waals surface area contributed by atoms with Crippen LogP contribution in [0.3, 0.4) is 0 Å². The van der Waals surface area contributed by atoms with Gasteiger partial charge in [-0.1, -0.05) is 18.2 Å². The summed E-state index contributed by atoms with van der Waals surface area (Å²) in [5.74, 6) is -0.633. The van der Waals surface area contributed by atoms with E-state index in [-0.39, 0.29) is 17.3 Å². The van der Waals surface area contributed by atoms with E-state index in [1.807, 2.05) is 13.1 Å². The number of hydrogen-bond acceptors (Lipinski definition) is 5. The molecular formula is C19H19N5O2. The Labute approximate surface area is 151 Å². The quantitative estimate of drug-likeness (QED) is 0.909. The summed E-state index contributed by atoms with van der Waals surface area (Å²) in [6, 6.07) is 13.6. The normalized spacial score (nSPS) is 14.5. The van der Waals surface area contributed by atoms with Gasteiger partial charge in [-0.2, -0.15) is 5.26 Å². The second-order valence-corrected chi connectivity index (χ2v) is 6.12. The molecule has 1 N–H and O–H groups in total. The van der Waals surface area contributed by atoms with Gasteiger partial charge in [-0.15, -0.1) is 0 Å². The fourth-order valence-corrected chi connectivity index (χ4v) is 2.73. The minimum Gasteiger partial charge on any atom is -0.335 e. The maximum absolute atomic E-state index is 12.6. The molecule has 0 atom stereocenters. The maximum Gasteiger partial charge on any atom is 0.274 e. The molecule has 7 heteroatoms. The molecule has 3 rings (SSSR count). The van der Waals surface area contributed by atoms with Crippen molar-refractivity contribution >= 4 is 17.5 Å². The van der Waals surface area contributed by atoms with Crippen LogP contribution >= 0.6 is 0 Å². The molecule has 1 saturated heterocycles. The standard InChI is InChI=1S/C19H19N5O2/c1-23-9-11-24(12-10-23)19(26)17-8-4-7-16(21-17)18(25)22-15-6-3-2-5-14(15)13-20/h2-8H,9-12H2,1H3,(H,22,25). The number of pyridine rings is 1. The zero-order chi connectivity index (χ0) is 18.5. The SMILES string of the molecule is CN1CCN(C(=O)c2cccc(C(=O)Nc3ccccc3C#N)n2)CC1. The van der Waals surface area contributed by atoms with E-state index in [0.29, 0.717) is 24.3 Å². The van der Waals surface area contributed by atoms with Crippen molar-refractivity contribution in [3.63, 3.8) is 0 Å². The number of nitriles is 1. The second-order valence-electron chi connectivity index (χ2n) is 6.12. The highest BCUT2D eigenvalue weighted by molar-refractivity contribution is 6.04. The summed E-state index contributed by atoms with van der Waals surface area (Å²) in [5.41, 5.74) is 1.16. The molecule has 2 heterocycles. The van der Waals surface area contributed by atoms with E-state index < -0.39 is 5.91 Å². The van der Waals surface area contributed by atoms with Gasteiger partial charge in [0.05, 0.1) is 11.3 Å². The summed E-state index contributed by atoms with van der Waals surface area (Å²) in [6.45, 7) is 2.92. The average molecular weight is 349 g/mol. The number of nitrogens with one attached hydrogen (secondary N) is 1. The van der Waals surface area contributed by atoms with Crippen LogP contribution in [0.4, 0.5) is 5.69 Å². The third kappa shape index (κ3) is 3.87. The highest BCUT2D eigenvalue weighted by Gasteiger charge is 2.22. The Morgan fingerprint density at radius 3 is 2.46 bits per heavy atom. The van der Waals surface area contributed by atoms with Gasteiger partial charge in [0.15, 0.2) is 0 Å². The molecule has 1 aromatic carbocycles. The van der Waals surface area contributed by atoms with E-state index >= 15 is 0 Å². The van der Waals surface area contributed by atoms with Crippen molar-refractivity contribution in [3.05, 3.63) is 59.4 Å². The zero-order valence-electron chi connectivity index (χ0n) is 14.5. The van der Waals surface area contributed by atoms with Gasteiger partial charge in [-0.3, -0.25) is 9.59 Å². The molecule has 1 aliphatic rings. The number of aromatic nitrogens is 1. The molecule has 0 radical (unpaired) electrons. The first kappa shape index (κ1) is 17.6. The van der Waals surface area contributed by atoms with Crippen LogP contribution < -0.4 is 5.32 Å². The molecular weight excluding hydrogens is 330 g/mol. The smallest absolute Gasteiger partial charge is 0.274 e. The molecule has 0 saturated carbocycles. The molecule has 132 valence electrons. The van der Waals surface area contributed by atoms with E-state index in [9.17, 15) is 9.59 Å². The molecule has 2 aromatic rings. The van der Waals surface area contributed by atoms with Gasteiger partial charge in [-0.05, 0) is 31.3 Å². The minimum absolute atomic E-state index is 0.137. The highest BCUT2D eigenvalue weighted by Crippen LogP contribution is 2.15. The molecule has 1 fully saturated rings. The second kappa shape index (κ2) is 7.76. The first-order valence-electron chi connectivity index (χ1n) is 8.34. The van der Waals surface area contributed by atoms with Crippen LogP contribution in [0.5, 0.6) is 0 Å². The summed E-state index contributed by atoms with van der Waals surface area (Å²) in [7, 11) is 2.02. The Hall–Kier alpha value is -3.24. The van der Waals surface area contributed by atoms with Crippen molar-refractivity contribution in [2.45, 2.75) is 0 Å². The molecule has 7 nitrogen and oxygen atoms in total. The molecule has 1 aliphatic heterocycles. The lowest BCUT2D eigenvalue weighted by atomic mass is 10.2. The van der Waals surface area contributed by atoms with Crippen LogP contribution in [0.25, 0.3) is 0 Å². The molecule has 26 heavy (non-hydrogen) atoms. The lowest BCUT2D eigenvalue weighted by Crippen LogP contribution is -2.47. The highest BCUT2D eigenvalue weighted by atomic mass is 16.2. The first-order chi connectivity index (χ1) is 12.6. The monoisotopic (exact) mass is 349 g/mol.